The smallest absolute Gasteiger partial charge is 0.191 e. The minimum Gasteiger partial charge on any atom is -0.370 e. The maximum absolute atomic E-state index is 14.7. The third-order valence-electron chi connectivity index (χ3n) is 4.91. The second kappa shape index (κ2) is 7.23. The SMILES string of the molecule is CC(c1ccc(-c2ccccc2)c(F)c1)c1cc(CN2CCN=C2N)on1. The lowest BCUT2D eigenvalue weighted by Gasteiger charge is -2.14. The molecule has 0 saturated carbocycles. The highest BCUT2D eigenvalue weighted by atomic mass is 19.1. The van der Waals surface area contributed by atoms with Crippen molar-refractivity contribution < 1.29 is 8.91 Å². The van der Waals surface area contributed by atoms with Crippen molar-refractivity contribution in [3.8, 4) is 11.1 Å². The number of aliphatic imine (C=N–C) groups is 1. The third kappa shape index (κ3) is 3.56. The molecular weight excluding hydrogens is 343 g/mol. The lowest BCUT2D eigenvalue weighted by molar-refractivity contribution is 0.325. The highest BCUT2D eigenvalue weighted by Crippen LogP contribution is 2.29. The van der Waals surface area contributed by atoms with E-state index in [4.69, 9.17) is 10.3 Å². The van der Waals surface area contributed by atoms with Gasteiger partial charge in [0.2, 0.25) is 0 Å². The van der Waals surface area contributed by atoms with E-state index in [0.717, 1.165) is 29.1 Å². The van der Waals surface area contributed by atoms with E-state index in [1.54, 1.807) is 6.07 Å². The van der Waals surface area contributed by atoms with Crippen molar-refractivity contribution in [3.63, 3.8) is 0 Å². The summed E-state index contributed by atoms with van der Waals surface area (Å²) in [6, 6.07) is 16.8. The van der Waals surface area contributed by atoms with Crippen LogP contribution in [0.2, 0.25) is 0 Å². The van der Waals surface area contributed by atoms with Gasteiger partial charge in [0.1, 0.15) is 5.82 Å². The molecule has 27 heavy (non-hydrogen) atoms. The molecule has 6 heteroatoms. The Morgan fingerprint density at radius 1 is 1.19 bits per heavy atom. The number of benzene rings is 2. The summed E-state index contributed by atoms with van der Waals surface area (Å²) in [6.07, 6.45) is 0. The molecule has 1 aromatic heterocycles. The third-order valence-corrected chi connectivity index (χ3v) is 4.91. The molecule has 0 saturated heterocycles. The molecular formula is C21H21FN4O. The predicted octanol–water partition coefficient (Wildman–Crippen LogP) is 3.76. The van der Waals surface area contributed by atoms with Crippen LogP contribution >= 0.6 is 0 Å². The molecule has 1 aliphatic rings. The van der Waals surface area contributed by atoms with Gasteiger partial charge in [0.05, 0.1) is 18.8 Å². The van der Waals surface area contributed by atoms with Crippen LogP contribution in [0.4, 0.5) is 4.39 Å². The van der Waals surface area contributed by atoms with Crippen molar-refractivity contribution in [3.05, 3.63) is 77.4 Å². The van der Waals surface area contributed by atoms with Crippen molar-refractivity contribution in [1.82, 2.24) is 10.1 Å². The minimum absolute atomic E-state index is 0.0774. The van der Waals surface area contributed by atoms with Crippen LogP contribution in [0.25, 0.3) is 11.1 Å². The highest BCUT2D eigenvalue weighted by molar-refractivity contribution is 5.79. The first-order valence-corrected chi connectivity index (χ1v) is 8.97. The van der Waals surface area contributed by atoms with E-state index in [1.165, 1.54) is 0 Å². The zero-order valence-corrected chi connectivity index (χ0v) is 15.1. The van der Waals surface area contributed by atoms with E-state index < -0.39 is 0 Å². The maximum atomic E-state index is 14.7. The fraction of sp³-hybridized carbons (Fsp3) is 0.238. The lowest BCUT2D eigenvalue weighted by atomic mass is 9.94. The summed E-state index contributed by atoms with van der Waals surface area (Å²) < 4.78 is 20.1. The van der Waals surface area contributed by atoms with Gasteiger partial charge >= 0.3 is 0 Å². The second-order valence-electron chi connectivity index (χ2n) is 6.71. The van der Waals surface area contributed by atoms with Crippen molar-refractivity contribution in [2.45, 2.75) is 19.4 Å². The molecule has 1 atom stereocenters. The molecule has 0 radical (unpaired) electrons. The quantitative estimate of drug-likeness (QED) is 0.748. The van der Waals surface area contributed by atoms with Crippen molar-refractivity contribution in [2.24, 2.45) is 10.7 Å². The summed E-state index contributed by atoms with van der Waals surface area (Å²) in [5.74, 6) is 0.930. The van der Waals surface area contributed by atoms with Gasteiger partial charge < -0.3 is 15.2 Å². The fourth-order valence-corrected chi connectivity index (χ4v) is 3.28. The molecule has 2 heterocycles. The minimum atomic E-state index is -0.240. The van der Waals surface area contributed by atoms with Gasteiger partial charge in [-0.3, -0.25) is 4.99 Å². The summed E-state index contributed by atoms with van der Waals surface area (Å²) in [4.78, 5) is 6.11. The largest absolute Gasteiger partial charge is 0.370 e. The molecule has 138 valence electrons. The van der Waals surface area contributed by atoms with Crippen molar-refractivity contribution in [1.29, 1.82) is 0 Å². The van der Waals surface area contributed by atoms with Crippen LogP contribution in [-0.2, 0) is 6.54 Å². The molecule has 0 bridgehead atoms. The summed E-state index contributed by atoms with van der Waals surface area (Å²) in [6.45, 7) is 4.01. The Labute approximate surface area is 157 Å². The Kier molecular flexibility index (Phi) is 4.62. The average molecular weight is 364 g/mol. The molecule has 0 spiro atoms. The van der Waals surface area contributed by atoms with Gasteiger partial charge in [0.25, 0.3) is 0 Å². The number of halogens is 1. The molecule has 3 aromatic rings. The molecule has 2 aromatic carbocycles. The topological polar surface area (TPSA) is 67.7 Å². The first kappa shape index (κ1) is 17.3. The van der Waals surface area contributed by atoms with Crippen LogP contribution < -0.4 is 5.73 Å². The Morgan fingerprint density at radius 3 is 2.70 bits per heavy atom. The van der Waals surface area contributed by atoms with Gasteiger partial charge in [0, 0.05) is 24.1 Å². The van der Waals surface area contributed by atoms with Crippen LogP contribution in [0, 0.1) is 5.82 Å². The van der Waals surface area contributed by atoms with Gasteiger partial charge in [-0.1, -0.05) is 54.5 Å². The number of aromatic nitrogens is 1. The average Bonchev–Trinajstić information content (AvgIpc) is 3.31. The molecule has 0 amide bonds. The van der Waals surface area contributed by atoms with E-state index >= 15 is 0 Å². The first-order valence-electron chi connectivity index (χ1n) is 8.97. The number of hydrogen-bond acceptors (Lipinski definition) is 5. The molecule has 2 N–H and O–H groups in total. The number of hydrogen-bond donors (Lipinski definition) is 1. The van der Waals surface area contributed by atoms with Gasteiger partial charge in [-0.05, 0) is 17.2 Å². The van der Waals surface area contributed by atoms with Crippen LogP contribution in [0.5, 0.6) is 0 Å². The fourth-order valence-electron chi connectivity index (χ4n) is 3.28. The second-order valence-corrected chi connectivity index (χ2v) is 6.71. The van der Waals surface area contributed by atoms with Gasteiger partial charge in [-0.25, -0.2) is 4.39 Å². The number of nitrogens with two attached hydrogens (primary N) is 1. The number of guanidine groups is 1. The molecule has 5 nitrogen and oxygen atoms in total. The van der Waals surface area contributed by atoms with E-state index in [-0.39, 0.29) is 11.7 Å². The Balaban J connectivity index is 1.52. The van der Waals surface area contributed by atoms with Crippen molar-refractivity contribution >= 4 is 5.96 Å². The molecule has 0 fully saturated rings. The van der Waals surface area contributed by atoms with E-state index in [9.17, 15) is 4.39 Å². The Hall–Kier alpha value is -3.15. The molecule has 0 aliphatic carbocycles. The summed E-state index contributed by atoms with van der Waals surface area (Å²) >= 11 is 0. The van der Waals surface area contributed by atoms with Crippen LogP contribution in [0.3, 0.4) is 0 Å². The maximum Gasteiger partial charge on any atom is 0.191 e. The summed E-state index contributed by atoms with van der Waals surface area (Å²) in [5, 5.41) is 4.17. The molecule has 1 aliphatic heterocycles. The predicted molar refractivity (Wildman–Crippen MR) is 103 cm³/mol. The zero-order chi connectivity index (χ0) is 18.8. The molecule has 1 unspecified atom stereocenters. The van der Waals surface area contributed by atoms with E-state index in [1.807, 2.05) is 60.4 Å². The standard InChI is InChI=1S/C21H21FN4O/c1-14(20-12-17(27-25-20)13-26-10-9-24-21(26)23)16-7-8-18(19(22)11-16)15-5-3-2-4-6-15/h2-8,11-12,14H,9-10,13H2,1H3,(H2,23,24). The van der Waals surface area contributed by atoms with Gasteiger partial charge in [-0.2, -0.15) is 0 Å². The van der Waals surface area contributed by atoms with Crippen LogP contribution in [-0.4, -0.2) is 29.1 Å². The summed E-state index contributed by atoms with van der Waals surface area (Å²) in [5.41, 5.74) is 8.92. The van der Waals surface area contributed by atoms with E-state index in [0.29, 0.717) is 24.6 Å². The number of rotatable bonds is 5. The number of nitrogens with zero attached hydrogens (tertiary/aromatic N) is 3. The highest BCUT2D eigenvalue weighted by Gasteiger charge is 2.19. The van der Waals surface area contributed by atoms with E-state index in [2.05, 4.69) is 10.1 Å². The van der Waals surface area contributed by atoms with Crippen LogP contribution in [0.15, 0.2) is 64.1 Å². The first-order chi connectivity index (χ1) is 13.1. The molecule has 4 rings (SSSR count). The van der Waals surface area contributed by atoms with Gasteiger partial charge in [0.15, 0.2) is 11.7 Å². The van der Waals surface area contributed by atoms with Crippen LogP contribution in [0.1, 0.15) is 29.9 Å². The monoisotopic (exact) mass is 364 g/mol. The van der Waals surface area contributed by atoms with Crippen molar-refractivity contribution in [2.75, 3.05) is 13.1 Å². The lowest BCUT2D eigenvalue weighted by Crippen LogP contribution is -2.32. The van der Waals surface area contributed by atoms with Gasteiger partial charge in [-0.15, -0.1) is 0 Å². The Morgan fingerprint density at radius 2 is 2.00 bits per heavy atom. The normalized spacial score (nSPS) is 15.0. The summed E-state index contributed by atoms with van der Waals surface area (Å²) in [7, 11) is 0. The zero-order valence-electron chi connectivity index (χ0n) is 15.1. The Bertz CT molecular complexity index is 967.